The van der Waals surface area contributed by atoms with Gasteiger partial charge in [0, 0.05) is 24.3 Å². The van der Waals surface area contributed by atoms with E-state index in [1.54, 1.807) is 16.3 Å². The first-order chi connectivity index (χ1) is 7.75. The molecular weight excluding hydrogens is 224 g/mol. The van der Waals surface area contributed by atoms with E-state index in [1.165, 1.54) is 11.3 Å². The number of aromatic nitrogens is 3. The third-order valence-corrected chi connectivity index (χ3v) is 2.81. The number of nitrogens with one attached hydrogen (secondary N) is 1. The fraction of sp³-hybridized carbons (Fsp3) is 0.300. The Morgan fingerprint density at radius 2 is 2.50 bits per heavy atom. The molecule has 0 saturated heterocycles. The molecule has 0 aromatic carbocycles. The molecule has 2 aromatic rings. The maximum Gasteiger partial charge on any atom is 0.270 e. The van der Waals surface area contributed by atoms with Gasteiger partial charge in [0.05, 0.1) is 11.6 Å². The summed E-state index contributed by atoms with van der Waals surface area (Å²) in [6, 6.07) is 1.85. The highest BCUT2D eigenvalue weighted by atomic mass is 32.1. The zero-order chi connectivity index (χ0) is 11.4. The van der Waals surface area contributed by atoms with Gasteiger partial charge in [-0.3, -0.25) is 9.48 Å². The van der Waals surface area contributed by atoms with Crippen LogP contribution in [0.4, 0.5) is 0 Å². The number of aryl methyl sites for hydroxylation is 1. The highest BCUT2D eigenvalue weighted by Gasteiger charge is 2.07. The molecule has 0 unspecified atom stereocenters. The van der Waals surface area contributed by atoms with Crippen molar-refractivity contribution in [2.45, 2.75) is 13.5 Å². The van der Waals surface area contributed by atoms with Crippen LogP contribution >= 0.6 is 11.3 Å². The summed E-state index contributed by atoms with van der Waals surface area (Å²) in [5.41, 5.74) is 0.489. The van der Waals surface area contributed by atoms with Crippen molar-refractivity contribution in [2.75, 3.05) is 6.54 Å². The lowest BCUT2D eigenvalue weighted by molar-refractivity contribution is 0.0947. The SMILES string of the molecule is Cc1nc(C(=O)NCCn2cccn2)cs1. The Balaban J connectivity index is 1.80. The van der Waals surface area contributed by atoms with E-state index >= 15 is 0 Å². The number of hydrogen-bond donors (Lipinski definition) is 1. The minimum Gasteiger partial charge on any atom is -0.349 e. The van der Waals surface area contributed by atoms with Crippen molar-refractivity contribution in [3.63, 3.8) is 0 Å². The van der Waals surface area contributed by atoms with Crippen LogP contribution in [0.1, 0.15) is 15.5 Å². The van der Waals surface area contributed by atoms with Crippen LogP contribution < -0.4 is 5.32 Å². The molecule has 0 aliphatic heterocycles. The fourth-order valence-corrected chi connectivity index (χ4v) is 1.87. The topological polar surface area (TPSA) is 59.8 Å². The van der Waals surface area contributed by atoms with Crippen LogP contribution in [0.15, 0.2) is 23.8 Å². The summed E-state index contributed by atoms with van der Waals surface area (Å²) in [6.07, 6.45) is 3.57. The lowest BCUT2D eigenvalue weighted by Crippen LogP contribution is -2.27. The third-order valence-electron chi connectivity index (χ3n) is 2.04. The van der Waals surface area contributed by atoms with Crippen molar-refractivity contribution in [3.05, 3.63) is 34.5 Å². The van der Waals surface area contributed by atoms with E-state index in [0.29, 0.717) is 18.8 Å². The molecule has 1 amide bonds. The van der Waals surface area contributed by atoms with Gasteiger partial charge in [0.15, 0.2) is 0 Å². The molecule has 0 saturated carbocycles. The zero-order valence-electron chi connectivity index (χ0n) is 8.88. The summed E-state index contributed by atoms with van der Waals surface area (Å²) in [5, 5.41) is 9.50. The van der Waals surface area contributed by atoms with Gasteiger partial charge in [-0.25, -0.2) is 4.98 Å². The van der Waals surface area contributed by atoms with Gasteiger partial charge in [-0.05, 0) is 13.0 Å². The minimum atomic E-state index is -0.128. The minimum absolute atomic E-state index is 0.128. The van der Waals surface area contributed by atoms with Gasteiger partial charge in [0.25, 0.3) is 5.91 Å². The van der Waals surface area contributed by atoms with Crippen molar-refractivity contribution >= 4 is 17.2 Å². The number of rotatable bonds is 4. The molecule has 6 heteroatoms. The second-order valence-electron chi connectivity index (χ2n) is 3.28. The van der Waals surface area contributed by atoms with Crippen LogP contribution in [0.3, 0.4) is 0 Å². The van der Waals surface area contributed by atoms with E-state index in [2.05, 4.69) is 15.4 Å². The largest absolute Gasteiger partial charge is 0.349 e. The molecule has 0 aliphatic carbocycles. The predicted octanol–water partition coefficient (Wildman–Crippen LogP) is 1.08. The number of carbonyl (C=O) groups is 1. The Labute approximate surface area is 97.1 Å². The average Bonchev–Trinajstić information content (AvgIpc) is 2.89. The van der Waals surface area contributed by atoms with E-state index in [0.717, 1.165) is 5.01 Å². The highest BCUT2D eigenvalue weighted by Crippen LogP contribution is 2.07. The van der Waals surface area contributed by atoms with E-state index in [9.17, 15) is 4.79 Å². The van der Waals surface area contributed by atoms with Crippen molar-refractivity contribution in [1.29, 1.82) is 0 Å². The average molecular weight is 236 g/mol. The summed E-state index contributed by atoms with van der Waals surface area (Å²) in [5.74, 6) is -0.128. The molecule has 0 fully saturated rings. The van der Waals surface area contributed by atoms with Crippen LogP contribution in [-0.4, -0.2) is 27.2 Å². The van der Waals surface area contributed by atoms with Crippen LogP contribution in [0, 0.1) is 6.92 Å². The van der Waals surface area contributed by atoms with Crippen molar-refractivity contribution in [3.8, 4) is 0 Å². The first-order valence-corrected chi connectivity index (χ1v) is 5.81. The Hall–Kier alpha value is -1.69. The quantitative estimate of drug-likeness (QED) is 0.864. The molecule has 2 heterocycles. The number of carbonyl (C=O) groups excluding carboxylic acids is 1. The summed E-state index contributed by atoms with van der Waals surface area (Å²) in [7, 11) is 0. The summed E-state index contributed by atoms with van der Waals surface area (Å²) in [4.78, 5) is 15.7. The first kappa shape index (κ1) is 10.8. The summed E-state index contributed by atoms with van der Waals surface area (Å²) in [6.45, 7) is 3.10. The van der Waals surface area contributed by atoms with Crippen LogP contribution in [0.2, 0.25) is 0 Å². The van der Waals surface area contributed by atoms with Gasteiger partial charge in [-0.2, -0.15) is 5.10 Å². The Morgan fingerprint density at radius 3 is 3.12 bits per heavy atom. The first-order valence-electron chi connectivity index (χ1n) is 4.93. The van der Waals surface area contributed by atoms with Crippen molar-refractivity contribution < 1.29 is 4.79 Å². The molecule has 0 bridgehead atoms. The second kappa shape index (κ2) is 4.89. The molecular formula is C10H12N4OS. The molecule has 5 nitrogen and oxygen atoms in total. The van der Waals surface area contributed by atoms with Crippen LogP contribution in [-0.2, 0) is 6.54 Å². The monoisotopic (exact) mass is 236 g/mol. The standard InChI is InChI=1S/C10H12N4OS/c1-8-13-9(7-16-8)10(15)11-4-6-14-5-2-3-12-14/h2-3,5,7H,4,6H2,1H3,(H,11,15). The van der Waals surface area contributed by atoms with Gasteiger partial charge < -0.3 is 5.32 Å². The Kier molecular flexibility index (Phi) is 3.31. The molecule has 16 heavy (non-hydrogen) atoms. The number of amides is 1. The van der Waals surface area contributed by atoms with Crippen LogP contribution in [0.25, 0.3) is 0 Å². The lowest BCUT2D eigenvalue weighted by Gasteiger charge is -2.03. The molecule has 2 rings (SSSR count). The smallest absolute Gasteiger partial charge is 0.270 e. The molecule has 0 spiro atoms. The fourth-order valence-electron chi connectivity index (χ4n) is 1.27. The van der Waals surface area contributed by atoms with Gasteiger partial charge in [-0.1, -0.05) is 0 Å². The van der Waals surface area contributed by atoms with Gasteiger partial charge in [0.2, 0.25) is 0 Å². The van der Waals surface area contributed by atoms with E-state index < -0.39 is 0 Å². The number of thiazole rings is 1. The molecule has 0 radical (unpaired) electrons. The molecule has 0 aliphatic rings. The maximum absolute atomic E-state index is 11.6. The lowest BCUT2D eigenvalue weighted by atomic mass is 10.4. The van der Waals surface area contributed by atoms with Gasteiger partial charge in [-0.15, -0.1) is 11.3 Å². The summed E-state index contributed by atoms with van der Waals surface area (Å²) < 4.78 is 1.77. The van der Waals surface area contributed by atoms with Crippen molar-refractivity contribution in [1.82, 2.24) is 20.1 Å². The van der Waals surface area contributed by atoms with Gasteiger partial charge >= 0.3 is 0 Å². The normalized spacial score (nSPS) is 10.3. The van der Waals surface area contributed by atoms with Crippen molar-refractivity contribution in [2.24, 2.45) is 0 Å². The van der Waals surface area contributed by atoms with Gasteiger partial charge in [0.1, 0.15) is 5.69 Å². The Morgan fingerprint density at radius 1 is 1.62 bits per heavy atom. The number of hydrogen-bond acceptors (Lipinski definition) is 4. The van der Waals surface area contributed by atoms with E-state index in [-0.39, 0.29) is 5.91 Å². The number of nitrogens with zero attached hydrogens (tertiary/aromatic N) is 3. The zero-order valence-corrected chi connectivity index (χ0v) is 9.70. The maximum atomic E-state index is 11.6. The van der Waals surface area contributed by atoms with E-state index in [4.69, 9.17) is 0 Å². The van der Waals surface area contributed by atoms with Crippen LogP contribution in [0.5, 0.6) is 0 Å². The third kappa shape index (κ3) is 2.66. The summed E-state index contributed by atoms with van der Waals surface area (Å²) >= 11 is 1.47. The second-order valence-corrected chi connectivity index (χ2v) is 4.34. The molecule has 2 aromatic heterocycles. The van der Waals surface area contributed by atoms with E-state index in [1.807, 2.05) is 19.2 Å². The highest BCUT2D eigenvalue weighted by molar-refractivity contribution is 7.09. The molecule has 84 valence electrons. The Bertz CT molecular complexity index is 463. The predicted molar refractivity (Wildman–Crippen MR) is 61.4 cm³/mol. The molecule has 0 atom stereocenters. The molecule has 1 N–H and O–H groups in total.